The van der Waals surface area contributed by atoms with Gasteiger partial charge in [0.05, 0.1) is 0 Å². The molecule has 1 aliphatic heterocycles. The molecule has 5 nitrogen and oxygen atoms in total. The summed E-state index contributed by atoms with van der Waals surface area (Å²) in [6.07, 6.45) is 4.41. The zero-order valence-corrected chi connectivity index (χ0v) is 11.1. The van der Waals surface area contributed by atoms with Crippen molar-refractivity contribution in [3.63, 3.8) is 0 Å². The minimum absolute atomic E-state index is 0.0860. The van der Waals surface area contributed by atoms with Crippen molar-refractivity contribution in [2.24, 2.45) is 0 Å². The van der Waals surface area contributed by atoms with E-state index >= 15 is 0 Å². The molecule has 104 valence electrons. The summed E-state index contributed by atoms with van der Waals surface area (Å²) in [4.78, 5) is 27.3. The number of carbonyl (C=O) groups is 2. The molecule has 2 aromatic rings. The quantitative estimate of drug-likeness (QED) is 0.775. The molecular formula is C15H17N3O2. The summed E-state index contributed by atoms with van der Waals surface area (Å²) in [5, 5.41) is 6.54. The second-order valence-electron chi connectivity index (χ2n) is 5.06. The maximum Gasteiger partial charge on any atom is 0.252 e. The number of H-pyrrole nitrogens is 1. The van der Waals surface area contributed by atoms with Crippen LogP contribution in [0.3, 0.4) is 0 Å². The number of nitrogens with one attached hydrogen (secondary N) is 3. The van der Waals surface area contributed by atoms with E-state index in [9.17, 15) is 9.59 Å². The molecular weight excluding hydrogens is 254 g/mol. The van der Waals surface area contributed by atoms with Crippen LogP contribution in [0.1, 0.15) is 29.6 Å². The molecule has 1 aromatic heterocycles. The van der Waals surface area contributed by atoms with Gasteiger partial charge in [-0.05, 0) is 37.5 Å². The zero-order chi connectivity index (χ0) is 13.9. The topological polar surface area (TPSA) is 74.0 Å². The Balaban J connectivity index is 1.82. The number of rotatable bonds is 2. The zero-order valence-electron chi connectivity index (χ0n) is 11.1. The normalized spacial score (nSPS) is 19.4. The lowest BCUT2D eigenvalue weighted by molar-refractivity contribution is -0.122. The second kappa shape index (κ2) is 5.36. The monoisotopic (exact) mass is 271 g/mol. The SMILES string of the molecule is O=C(NC1CCCCNC1=O)c1cccc2[nH]ccc12. The van der Waals surface area contributed by atoms with E-state index in [2.05, 4.69) is 15.6 Å². The Kier molecular flexibility index (Phi) is 3.41. The minimum atomic E-state index is -0.431. The van der Waals surface area contributed by atoms with E-state index < -0.39 is 6.04 Å². The Bertz CT molecular complexity index is 647. The van der Waals surface area contributed by atoms with Gasteiger partial charge in [-0.3, -0.25) is 9.59 Å². The van der Waals surface area contributed by atoms with E-state index in [0.717, 1.165) is 23.7 Å². The van der Waals surface area contributed by atoms with Gasteiger partial charge in [-0.2, -0.15) is 0 Å². The van der Waals surface area contributed by atoms with Crippen molar-refractivity contribution in [1.82, 2.24) is 15.6 Å². The molecule has 1 unspecified atom stereocenters. The predicted molar refractivity (Wildman–Crippen MR) is 76.4 cm³/mol. The molecule has 1 aromatic carbocycles. The van der Waals surface area contributed by atoms with Crippen LogP contribution in [0, 0.1) is 0 Å². The number of hydrogen-bond donors (Lipinski definition) is 3. The van der Waals surface area contributed by atoms with Gasteiger partial charge in [0.1, 0.15) is 6.04 Å². The summed E-state index contributed by atoms with van der Waals surface area (Å²) in [6.45, 7) is 0.693. The van der Waals surface area contributed by atoms with Crippen molar-refractivity contribution in [2.45, 2.75) is 25.3 Å². The van der Waals surface area contributed by atoms with Crippen LogP contribution in [-0.2, 0) is 4.79 Å². The molecule has 0 bridgehead atoms. The Morgan fingerprint density at radius 2 is 2.15 bits per heavy atom. The van der Waals surface area contributed by atoms with Crippen molar-refractivity contribution in [3.05, 3.63) is 36.0 Å². The van der Waals surface area contributed by atoms with E-state index in [1.807, 2.05) is 18.2 Å². The van der Waals surface area contributed by atoms with Gasteiger partial charge in [-0.15, -0.1) is 0 Å². The largest absolute Gasteiger partial charge is 0.361 e. The Morgan fingerprint density at radius 1 is 1.25 bits per heavy atom. The average Bonchev–Trinajstić information content (AvgIpc) is 2.84. The van der Waals surface area contributed by atoms with E-state index in [-0.39, 0.29) is 11.8 Å². The maximum atomic E-state index is 12.4. The molecule has 0 aliphatic carbocycles. The highest BCUT2D eigenvalue weighted by molar-refractivity contribution is 6.07. The third kappa shape index (κ3) is 2.39. The Labute approximate surface area is 116 Å². The van der Waals surface area contributed by atoms with E-state index in [1.54, 1.807) is 12.3 Å². The molecule has 20 heavy (non-hydrogen) atoms. The average molecular weight is 271 g/mol. The number of hydrogen-bond acceptors (Lipinski definition) is 2. The van der Waals surface area contributed by atoms with Crippen LogP contribution in [0.5, 0.6) is 0 Å². The second-order valence-corrected chi connectivity index (χ2v) is 5.06. The Hall–Kier alpha value is -2.30. The number of amides is 2. The van der Waals surface area contributed by atoms with Crippen LogP contribution in [-0.4, -0.2) is 29.4 Å². The van der Waals surface area contributed by atoms with Gasteiger partial charge in [0.2, 0.25) is 5.91 Å². The van der Waals surface area contributed by atoms with Gasteiger partial charge in [0.25, 0.3) is 5.91 Å². The van der Waals surface area contributed by atoms with Crippen LogP contribution in [0.25, 0.3) is 10.9 Å². The molecule has 1 atom stereocenters. The fraction of sp³-hybridized carbons (Fsp3) is 0.333. The van der Waals surface area contributed by atoms with Gasteiger partial charge < -0.3 is 15.6 Å². The number of carbonyl (C=O) groups excluding carboxylic acids is 2. The van der Waals surface area contributed by atoms with Crippen LogP contribution >= 0.6 is 0 Å². The van der Waals surface area contributed by atoms with Crippen molar-refractivity contribution in [1.29, 1.82) is 0 Å². The highest BCUT2D eigenvalue weighted by Crippen LogP contribution is 2.17. The molecule has 1 fully saturated rings. The molecule has 1 saturated heterocycles. The van der Waals surface area contributed by atoms with Gasteiger partial charge in [-0.25, -0.2) is 0 Å². The number of benzene rings is 1. The predicted octanol–water partition coefficient (Wildman–Crippen LogP) is 1.57. The molecule has 3 N–H and O–H groups in total. The van der Waals surface area contributed by atoms with Crippen LogP contribution < -0.4 is 10.6 Å². The molecule has 1 aliphatic rings. The smallest absolute Gasteiger partial charge is 0.252 e. The molecule has 2 amide bonds. The van der Waals surface area contributed by atoms with Crippen LogP contribution in [0.15, 0.2) is 30.5 Å². The standard InChI is InChI=1S/C15H17N3O2/c19-14(18-13-5-1-2-8-17-15(13)20)11-4-3-6-12-10(11)7-9-16-12/h3-4,6-7,9,13,16H,1-2,5,8H2,(H,17,20)(H,18,19). The highest BCUT2D eigenvalue weighted by atomic mass is 16.2. The van der Waals surface area contributed by atoms with E-state index in [0.29, 0.717) is 18.5 Å². The van der Waals surface area contributed by atoms with Crippen molar-refractivity contribution >= 4 is 22.7 Å². The lowest BCUT2D eigenvalue weighted by atomic mass is 10.1. The maximum absolute atomic E-state index is 12.4. The first-order valence-electron chi connectivity index (χ1n) is 6.90. The van der Waals surface area contributed by atoms with Crippen LogP contribution in [0.4, 0.5) is 0 Å². The fourth-order valence-corrected chi connectivity index (χ4v) is 2.60. The van der Waals surface area contributed by atoms with Crippen molar-refractivity contribution < 1.29 is 9.59 Å². The molecule has 3 rings (SSSR count). The lowest BCUT2D eigenvalue weighted by Gasteiger charge is -2.15. The summed E-state index contributed by atoms with van der Waals surface area (Å²) in [7, 11) is 0. The summed E-state index contributed by atoms with van der Waals surface area (Å²) in [6, 6.07) is 6.97. The lowest BCUT2D eigenvalue weighted by Crippen LogP contribution is -2.45. The number of aromatic nitrogens is 1. The van der Waals surface area contributed by atoms with E-state index in [1.165, 1.54) is 0 Å². The summed E-state index contributed by atoms with van der Waals surface area (Å²) in [5.41, 5.74) is 1.52. The molecule has 0 saturated carbocycles. The van der Waals surface area contributed by atoms with Crippen LogP contribution in [0.2, 0.25) is 0 Å². The number of fused-ring (bicyclic) bond motifs is 1. The Morgan fingerprint density at radius 3 is 3.05 bits per heavy atom. The number of aromatic amines is 1. The first kappa shape index (κ1) is 12.7. The third-order valence-electron chi connectivity index (χ3n) is 3.68. The summed E-state index contributed by atoms with van der Waals surface area (Å²) < 4.78 is 0. The van der Waals surface area contributed by atoms with Gasteiger partial charge >= 0.3 is 0 Å². The fourth-order valence-electron chi connectivity index (χ4n) is 2.60. The van der Waals surface area contributed by atoms with E-state index in [4.69, 9.17) is 0 Å². The minimum Gasteiger partial charge on any atom is -0.361 e. The van der Waals surface area contributed by atoms with Gasteiger partial charge in [0.15, 0.2) is 0 Å². The summed E-state index contributed by atoms with van der Waals surface area (Å²) >= 11 is 0. The van der Waals surface area contributed by atoms with Gasteiger partial charge in [-0.1, -0.05) is 6.07 Å². The van der Waals surface area contributed by atoms with Crippen molar-refractivity contribution in [3.8, 4) is 0 Å². The summed E-state index contributed by atoms with van der Waals surface area (Å²) in [5.74, 6) is -0.283. The first-order chi connectivity index (χ1) is 9.75. The third-order valence-corrected chi connectivity index (χ3v) is 3.68. The molecule has 2 heterocycles. The molecule has 5 heteroatoms. The van der Waals surface area contributed by atoms with Crippen molar-refractivity contribution in [2.75, 3.05) is 6.54 Å². The highest BCUT2D eigenvalue weighted by Gasteiger charge is 2.23. The molecule has 0 spiro atoms. The molecule has 0 radical (unpaired) electrons. The first-order valence-corrected chi connectivity index (χ1v) is 6.90. The van der Waals surface area contributed by atoms with Gasteiger partial charge in [0, 0.05) is 29.2 Å².